The first kappa shape index (κ1) is 22.5. The maximum atomic E-state index is 13.3. The van der Waals surface area contributed by atoms with Gasteiger partial charge >= 0.3 is 5.97 Å². The summed E-state index contributed by atoms with van der Waals surface area (Å²) in [5.74, 6) is -0.148. The van der Waals surface area contributed by atoms with Crippen molar-refractivity contribution < 1.29 is 28.9 Å². The van der Waals surface area contributed by atoms with Gasteiger partial charge in [0.1, 0.15) is 30.5 Å². The molecule has 2 aromatic carbocycles. The normalized spacial score (nSPS) is 10.1. The lowest BCUT2D eigenvalue weighted by Gasteiger charge is -2.18. The number of rotatable bonds is 11. The predicted molar refractivity (Wildman–Crippen MR) is 118 cm³/mol. The van der Waals surface area contributed by atoms with Crippen LogP contribution < -0.4 is 14.2 Å². The Kier molecular flexibility index (Phi) is 8.26. The van der Waals surface area contributed by atoms with Crippen molar-refractivity contribution in [2.75, 3.05) is 20.3 Å². The van der Waals surface area contributed by atoms with Crippen molar-refractivity contribution in [1.82, 2.24) is 0 Å². The Morgan fingerprint density at radius 1 is 1.07 bits per heavy atom. The number of carboxylic acid groups (broad SMARTS) is 1. The molecule has 0 radical (unpaired) electrons. The molecule has 0 atom stereocenters. The Balaban J connectivity index is 2.67. The van der Waals surface area contributed by atoms with Gasteiger partial charge in [-0.05, 0) is 52.4 Å². The molecule has 0 aliphatic heterocycles. The molecule has 7 heteroatoms. The third-order valence-electron chi connectivity index (χ3n) is 3.91. The number of carbonyl (C=O) groups is 2. The van der Waals surface area contributed by atoms with E-state index in [1.54, 1.807) is 42.5 Å². The second kappa shape index (κ2) is 10.7. The van der Waals surface area contributed by atoms with Crippen LogP contribution in [-0.4, -0.2) is 37.2 Å². The van der Waals surface area contributed by atoms with Gasteiger partial charge in [0, 0.05) is 11.6 Å². The number of ether oxygens (including phenoxy) is 3. The molecule has 0 aliphatic rings. The number of carbonyl (C=O) groups excluding carboxylic acids is 1. The van der Waals surface area contributed by atoms with Crippen LogP contribution in [0, 0.1) is 3.57 Å². The first-order chi connectivity index (χ1) is 13.9. The van der Waals surface area contributed by atoms with E-state index < -0.39 is 5.97 Å². The molecule has 0 heterocycles. The zero-order chi connectivity index (χ0) is 21.4. The van der Waals surface area contributed by atoms with Crippen LogP contribution in [0.1, 0.15) is 21.5 Å². The van der Waals surface area contributed by atoms with Crippen LogP contribution in [0.5, 0.6) is 17.2 Å². The molecule has 0 spiro atoms. The zero-order valence-electron chi connectivity index (χ0n) is 15.9. The molecule has 0 aromatic heterocycles. The maximum absolute atomic E-state index is 13.3. The molecule has 0 saturated heterocycles. The first-order valence-electron chi connectivity index (χ1n) is 8.66. The molecular weight excluding hydrogens is 487 g/mol. The molecule has 1 N–H and O–H groups in total. The fourth-order valence-electron chi connectivity index (χ4n) is 2.63. The fraction of sp³-hybridized carbons (Fsp3) is 0.182. The van der Waals surface area contributed by atoms with E-state index >= 15 is 0 Å². The summed E-state index contributed by atoms with van der Waals surface area (Å²) in [5, 5.41) is 9.43. The van der Waals surface area contributed by atoms with E-state index in [-0.39, 0.29) is 36.7 Å². The van der Waals surface area contributed by atoms with Crippen molar-refractivity contribution >= 4 is 34.3 Å². The van der Waals surface area contributed by atoms with Gasteiger partial charge in [-0.15, -0.1) is 0 Å². The monoisotopic (exact) mass is 508 g/mol. The van der Waals surface area contributed by atoms with Crippen molar-refractivity contribution in [2.45, 2.75) is 6.42 Å². The number of aliphatic carboxylic acids is 1. The van der Waals surface area contributed by atoms with Gasteiger partial charge in [0.15, 0.2) is 5.78 Å². The molecule has 152 valence electrons. The Hall–Kier alpha value is -2.81. The highest BCUT2D eigenvalue weighted by Crippen LogP contribution is 2.37. The highest BCUT2D eigenvalue weighted by Gasteiger charge is 2.26. The minimum absolute atomic E-state index is 0.150. The lowest BCUT2D eigenvalue weighted by Crippen LogP contribution is -2.15. The van der Waals surface area contributed by atoms with Gasteiger partial charge in [0.2, 0.25) is 0 Å². The van der Waals surface area contributed by atoms with Crippen LogP contribution in [0.3, 0.4) is 0 Å². The molecule has 0 unspecified atom stereocenters. The van der Waals surface area contributed by atoms with E-state index in [0.717, 1.165) is 0 Å². The minimum atomic E-state index is -1.07. The average Bonchev–Trinajstić information content (AvgIpc) is 2.72. The quantitative estimate of drug-likeness (QED) is 0.277. The molecule has 0 amide bonds. The van der Waals surface area contributed by atoms with E-state index in [1.807, 2.05) is 22.6 Å². The summed E-state index contributed by atoms with van der Waals surface area (Å²) in [7, 11) is 1.54. The third kappa shape index (κ3) is 5.60. The Morgan fingerprint density at radius 3 is 2.17 bits per heavy atom. The van der Waals surface area contributed by atoms with E-state index in [1.165, 1.54) is 7.11 Å². The number of benzene rings is 2. The maximum Gasteiger partial charge on any atom is 0.307 e. The van der Waals surface area contributed by atoms with Crippen LogP contribution in [0.15, 0.2) is 55.6 Å². The van der Waals surface area contributed by atoms with E-state index in [4.69, 9.17) is 14.2 Å². The van der Waals surface area contributed by atoms with Crippen molar-refractivity contribution in [3.63, 3.8) is 0 Å². The van der Waals surface area contributed by atoms with Gasteiger partial charge in [-0.3, -0.25) is 9.59 Å². The summed E-state index contributed by atoms with van der Waals surface area (Å²) in [6, 6.07) is 8.18. The van der Waals surface area contributed by atoms with E-state index in [0.29, 0.717) is 26.2 Å². The predicted octanol–water partition coefficient (Wildman–Crippen LogP) is 4.29. The van der Waals surface area contributed by atoms with Crippen molar-refractivity contribution in [2.24, 2.45) is 0 Å². The third-order valence-corrected chi connectivity index (χ3v) is 5.09. The largest absolute Gasteiger partial charge is 0.497 e. The summed E-state index contributed by atoms with van der Waals surface area (Å²) < 4.78 is 17.0. The van der Waals surface area contributed by atoms with Crippen LogP contribution in [0.4, 0.5) is 0 Å². The second-order valence-corrected chi connectivity index (χ2v) is 6.95. The fourth-order valence-corrected chi connectivity index (χ4v) is 3.40. The molecule has 2 aromatic rings. The van der Waals surface area contributed by atoms with E-state index in [9.17, 15) is 14.7 Å². The van der Waals surface area contributed by atoms with Crippen molar-refractivity contribution in [1.29, 1.82) is 0 Å². The molecule has 0 fully saturated rings. The summed E-state index contributed by atoms with van der Waals surface area (Å²) in [6.45, 7) is 7.62. The molecule has 29 heavy (non-hydrogen) atoms. The Morgan fingerprint density at radius 2 is 1.66 bits per heavy atom. The van der Waals surface area contributed by atoms with Gasteiger partial charge in [-0.1, -0.05) is 25.3 Å². The summed E-state index contributed by atoms with van der Waals surface area (Å²) in [6.07, 6.45) is 2.76. The van der Waals surface area contributed by atoms with Gasteiger partial charge in [-0.2, -0.15) is 0 Å². The number of halogens is 1. The van der Waals surface area contributed by atoms with Crippen molar-refractivity contribution in [3.05, 3.63) is 75.9 Å². The summed E-state index contributed by atoms with van der Waals surface area (Å²) in [4.78, 5) is 24.8. The molecule has 0 aliphatic carbocycles. The SMILES string of the molecule is C=CCOc1cc(OCC=C)c(C(=O)c2ccc(OC)cc2)c(CC(=O)O)c1I. The highest BCUT2D eigenvalue weighted by atomic mass is 127. The molecule has 2 rings (SSSR count). The van der Waals surface area contributed by atoms with Crippen LogP contribution in [0.25, 0.3) is 0 Å². The molecule has 0 bridgehead atoms. The van der Waals surface area contributed by atoms with E-state index in [2.05, 4.69) is 13.2 Å². The summed E-state index contributed by atoms with van der Waals surface area (Å²) >= 11 is 1.99. The number of hydrogen-bond donors (Lipinski definition) is 1. The van der Waals surface area contributed by atoms with Crippen LogP contribution >= 0.6 is 22.6 Å². The van der Waals surface area contributed by atoms with Crippen LogP contribution in [-0.2, 0) is 11.2 Å². The van der Waals surface area contributed by atoms with Gasteiger partial charge in [0.25, 0.3) is 0 Å². The zero-order valence-corrected chi connectivity index (χ0v) is 18.1. The van der Waals surface area contributed by atoms with Gasteiger partial charge in [-0.25, -0.2) is 0 Å². The highest BCUT2D eigenvalue weighted by molar-refractivity contribution is 14.1. The van der Waals surface area contributed by atoms with Gasteiger partial charge < -0.3 is 19.3 Å². The average molecular weight is 508 g/mol. The number of hydrogen-bond acceptors (Lipinski definition) is 5. The summed E-state index contributed by atoms with van der Waals surface area (Å²) in [5.41, 5.74) is 0.908. The molecule has 0 saturated carbocycles. The Labute approximate surface area is 182 Å². The van der Waals surface area contributed by atoms with Crippen LogP contribution in [0.2, 0.25) is 0 Å². The smallest absolute Gasteiger partial charge is 0.307 e. The lowest BCUT2D eigenvalue weighted by molar-refractivity contribution is -0.136. The molecular formula is C22H21IO6. The second-order valence-electron chi connectivity index (χ2n) is 5.87. The van der Waals surface area contributed by atoms with Crippen molar-refractivity contribution in [3.8, 4) is 17.2 Å². The topological polar surface area (TPSA) is 82.1 Å². The van der Waals surface area contributed by atoms with Gasteiger partial charge in [0.05, 0.1) is 22.7 Å². The Bertz CT molecular complexity index is 918. The molecule has 6 nitrogen and oxygen atoms in total. The number of methoxy groups -OCH3 is 1. The standard InChI is InChI=1S/C22H21IO6/c1-4-10-28-17-13-18(29-11-5-2)21(23)16(12-19(24)25)20(17)22(26)14-6-8-15(27-3)9-7-14/h4-9,13H,1-2,10-12H2,3H3,(H,24,25). The lowest BCUT2D eigenvalue weighted by atomic mass is 9.95. The number of ketones is 1. The minimum Gasteiger partial charge on any atom is -0.497 e. The first-order valence-corrected chi connectivity index (χ1v) is 9.74. The number of carboxylic acids is 1.